The Hall–Kier alpha value is -1.93. The van der Waals surface area contributed by atoms with Crippen LogP contribution in [0.2, 0.25) is 0 Å². The summed E-state index contributed by atoms with van der Waals surface area (Å²) in [6, 6.07) is 12.7. The Kier molecular flexibility index (Phi) is 7.84. The number of hydrogen-bond acceptors (Lipinski definition) is 6. The number of anilines is 1. The third-order valence-electron chi connectivity index (χ3n) is 5.95. The van der Waals surface area contributed by atoms with E-state index in [-0.39, 0.29) is 5.91 Å². The number of hydrogen-bond donors (Lipinski definition) is 0. The van der Waals surface area contributed by atoms with Gasteiger partial charge in [0, 0.05) is 43.2 Å². The van der Waals surface area contributed by atoms with E-state index in [4.69, 9.17) is 9.72 Å². The number of morpholine rings is 1. The zero-order valence-corrected chi connectivity index (χ0v) is 20.7. The minimum Gasteiger partial charge on any atom is -0.379 e. The van der Waals surface area contributed by atoms with Crippen LogP contribution in [0.3, 0.4) is 0 Å². The number of aryl methyl sites for hydroxylation is 3. The smallest absolute Gasteiger partial charge is 0.229 e. The van der Waals surface area contributed by atoms with Crippen molar-refractivity contribution < 1.29 is 9.53 Å². The number of aromatic nitrogens is 1. The quantitative estimate of drug-likeness (QED) is 0.431. The molecule has 0 atom stereocenters. The van der Waals surface area contributed by atoms with E-state index in [0.717, 1.165) is 53.9 Å². The van der Waals surface area contributed by atoms with Crippen LogP contribution in [-0.2, 0) is 9.53 Å². The van der Waals surface area contributed by atoms with Crippen LogP contribution in [0.15, 0.2) is 41.3 Å². The first-order chi connectivity index (χ1) is 15.5. The lowest BCUT2D eigenvalue weighted by atomic mass is 10.1. The normalized spacial score (nSPS) is 14.7. The lowest BCUT2D eigenvalue weighted by molar-refractivity contribution is -0.118. The first-order valence-corrected chi connectivity index (χ1v) is 13.0. The highest BCUT2D eigenvalue weighted by atomic mass is 32.2. The molecule has 0 radical (unpaired) electrons. The van der Waals surface area contributed by atoms with E-state index in [1.165, 1.54) is 21.6 Å². The highest BCUT2D eigenvalue weighted by Crippen LogP contribution is 2.32. The molecule has 4 rings (SSSR count). The second-order valence-corrected chi connectivity index (χ2v) is 10.4. The van der Waals surface area contributed by atoms with Gasteiger partial charge in [-0.25, -0.2) is 4.98 Å². The number of nitrogens with zero attached hydrogens (tertiary/aromatic N) is 3. The molecule has 0 spiro atoms. The molecule has 1 saturated heterocycles. The van der Waals surface area contributed by atoms with Crippen LogP contribution in [-0.4, -0.2) is 60.9 Å². The van der Waals surface area contributed by atoms with Gasteiger partial charge >= 0.3 is 0 Å². The van der Waals surface area contributed by atoms with Gasteiger partial charge < -0.3 is 4.74 Å². The maximum atomic E-state index is 13.3. The zero-order chi connectivity index (χ0) is 22.5. The van der Waals surface area contributed by atoms with Crippen LogP contribution in [0.1, 0.15) is 23.1 Å². The predicted molar refractivity (Wildman–Crippen MR) is 135 cm³/mol. The molecule has 170 valence electrons. The largest absolute Gasteiger partial charge is 0.379 e. The van der Waals surface area contributed by atoms with Crippen molar-refractivity contribution in [2.75, 3.05) is 50.0 Å². The fourth-order valence-electron chi connectivity index (χ4n) is 3.75. The summed E-state index contributed by atoms with van der Waals surface area (Å²) in [7, 11) is 0. The molecule has 7 heteroatoms. The third kappa shape index (κ3) is 5.70. The Morgan fingerprint density at radius 2 is 1.88 bits per heavy atom. The van der Waals surface area contributed by atoms with Crippen molar-refractivity contribution in [3.05, 3.63) is 53.1 Å². The maximum Gasteiger partial charge on any atom is 0.229 e. The Bertz CT molecular complexity index is 1060. The zero-order valence-electron chi connectivity index (χ0n) is 19.1. The molecule has 0 bridgehead atoms. The van der Waals surface area contributed by atoms with Crippen LogP contribution in [0.4, 0.5) is 5.13 Å². The SMILES string of the molecule is Cc1ccc(SCCC(=O)N(CCN2CCOCC2)c2nc3c(C)c(C)ccc3s2)cc1. The number of rotatable bonds is 8. The monoisotopic (exact) mass is 469 g/mol. The van der Waals surface area contributed by atoms with Gasteiger partial charge in [-0.15, -0.1) is 11.8 Å². The molecule has 3 aromatic rings. The van der Waals surface area contributed by atoms with E-state index >= 15 is 0 Å². The maximum absolute atomic E-state index is 13.3. The molecular weight excluding hydrogens is 438 g/mol. The Labute approximate surface area is 198 Å². The van der Waals surface area contributed by atoms with Crippen molar-refractivity contribution in [2.45, 2.75) is 32.1 Å². The minimum atomic E-state index is 0.145. The average molecular weight is 470 g/mol. The van der Waals surface area contributed by atoms with E-state index < -0.39 is 0 Å². The van der Waals surface area contributed by atoms with E-state index in [1.807, 2.05) is 4.90 Å². The summed E-state index contributed by atoms with van der Waals surface area (Å²) in [6.07, 6.45) is 0.496. The number of benzene rings is 2. The van der Waals surface area contributed by atoms with Crippen LogP contribution >= 0.6 is 23.1 Å². The van der Waals surface area contributed by atoms with Gasteiger partial charge in [-0.2, -0.15) is 0 Å². The van der Waals surface area contributed by atoms with E-state index in [9.17, 15) is 4.79 Å². The molecule has 0 N–H and O–H groups in total. The molecule has 1 amide bonds. The lowest BCUT2D eigenvalue weighted by Gasteiger charge is -2.29. The summed E-state index contributed by atoms with van der Waals surface area (Å²) >= 11 is 3.35. The number of carbonyl (C=O) groups is 1. The van der Waals surface area contributed by atoms with Crippen molar-refractivity contribution in [2.24, 2.45) is 0 Å². The van der Waals surface area contributed by atoms with Gasteiger partial charge in [-0.05, 0) is 50.1 Å². The highest BCUT2D eigenvalue weighted by Gasteiger charge is 2.22. The molecule has 1 fully saturated rings. The average Bonchev–Trinajstić information content (AvgIpc) is 3.23. The van der Waals surface area contributed by atoms with Crippen molar-refractivity contribution >= 4 is 44.4 Å². The summed E-state index contributed by atoms with van der Waals surface area (Å²) in [5.74, 6) is 0.908. The van der Waals surface area contributed by atoms with E-state index in [0.29, 0.717) is 13.0 Å². The number of ether oxygens (including phenoxy) is 1. The number of carbonyl (C=O) groups excluding carboxylic acids is 1. The van der Waals surface area contributed by atoms with Gasteiger partial charge in [0.25, 0.3) is 0 Å². The number of thiazole rings is 1. The van der Waals surface area contributed by atoms with Crippen LogP contribution < -0.4 is 4.90 Å². The summed E-state index contributed by atoms with van der Waals surface area (Å²) in [6.45, 7) is 11.2. The summed E-state index contributed by atoms with van der Waals surface area (Å²) < 4.78 is 6.61. The van der Waals surface area contributed by atoms with E-state index in [2.05, 4.69) is 62.1 Å². The number of amides is 1. The number of fused-ring (bicyclic) bond motifs is 1. The van der Waals surface area contributed by atoms with Crippen molar-refractivity contribution in [3.8, 4) is 0 Å². The molecule has 1 aromatic heterocycles. The standard InChI is InChI=1S/C25H31N3O2S2/c1-18-4-7-21(8-5-18)31-17-10-23(29)28(12-11-27-13-15-30-16-14-27)25-26-24-20(3)19(2)6-9-22(24)32-25/h4-9H,10-17H2,1-3H3. The topological polar surface area (TPSA) is 45.7 Å². The first kappa shape index (κ1) is 23.2. The lowest BCUT2D eigenvalue weighted by Crippen LogP contribution is -2.43. The molecule has 1 aliphatic rings. The van der Waals surface area contributed by atoms with Gasteiger partial charge in [0.05, 0.1) is 23.4 Å². The minimum absolute atomic E-state index is 0.145. The van der Waals surface area contributed by atoms with Gasteiger partial charge in [-0.1, -0.05) is 35.1 Å². The second kappa shape index (κ2) is 10.8. The molecule has 0 aliphatic carbocycles. The molecule has 5 nitrogen and oxygen atoms in total. The van der Waals surface area contributed by atoms with Gasteiger partial charge in [0.15, 0.2) is 5.13 Å². The van der Waals surface area contributed by atoms with Gasteiger partial charge in [0.1, 0.15) is 0 Å². The summed E-state index contributed by atoms with van der Waals surface area (Å²) in [4.78, 5) is 23.7. The van der Waals surface area contributed by atoms with Crippen molar-refractivity contribution in [3.63, 3.8) is 0 Å². The van der Waals surface area contributed by atoms with Crippen LogP contribution in [0.5, 0.6) is 0 Å². The van der Waals surface area contributed by atoms with E-state index in [1.54, 1.807) is 23.1 Å². The number of thioether (sulfide) groups is 1. The molecule has 0 unspecified atom stereocenters. The molecular formula is C25H31N3O2S2. The molecule has 1 aliphatic heterocycles. The Balaban J connectivity index is 1.48. The predicted octanol–water partition coefficient (Wildman–Crippen LogP) is 5.07. The second-order valence-electron chi connectivity index (χ2n) is 8.26. The molecule has 2 heterocycles. The fourth-order valence-corrected chi connectivity index (χ4v) is 5.66. The molecule has 2 aromatic carbocycles. The third-order valence-corrected chi connectivity index (χ3v) is 8.01. The van der Waals surface area contributed by atoms with Gasteiger partial charge in [0.2, 0.25) is 5.91 Å². The Morgan fingerprint density at radius 1 is 1.12 bits per heavy atom. The highest BCUT2D eigenvalue weighted by molar-refractivity contribution is 7.99. The van der Waals surface area contributed by atoms with Crippen molar-refractivity contribution in [1.82, 2.24) is 9.88 Å². The van der Waals surface area contributed by atoms with Gasteiger partial charge in [-0.3, -0.25) is 14.6 Å². The van der Waals surface area contributed by atoms with Crippen molar-refractivity contribution in [1.29, 1.82) is 0 Å². The molecule has 32 heavy (non-hydrogen) atoms. The Morgan fingerprint density at radius 3 is 2.62 bits per heavy atom. The van der Waals surface area contributed by atoms with Crippen LogP contribution in [0.25, 0.3) is 10.2 Å². The van der Waals surface area contributed by atoms with Crippen LogP contribution in [0, 0.1) is 20.8 Å². The molecule has 0 saturated carbocycles. The fraction of sp³-hybridized carbons (Fsp3) is 0.440. The summed E-state index contributed by atoms with van der Waals surface area (Å²) in [5.41, 5.74) is 4.69. The first-order valence-electron chi connectivity index (χ1n) is 11.2. The summed E-state index contributed by atoms with van der Waals surface area (Å²) in [5, 5.41) is 0.812.